The monoisotopic (exact) mass is 187 g/mol. The molecule has 0 aromatic rings. The van der Waals surface area contributed by atoms with Crippen LogP contribution in [0.25, 0.3) is 0 Å². The van der Waals surface area contributed by atoms with Crippen LogP contribution in [0.15, 0.2) is 0 Å². The Morgan fingerprint density at radius 2 is 2.15 bits per heavy atom. The molecule has 3 heteroatoms. The molecule has 0 bridgehead atoms. The zero-order valence-electron chi connectivity index (χ0n) is 8.71. The molecular weight excluding hydrogens is 166 g/mol. The number of carbonyl (C=O) groups excluding carboxylic acids is 1. The minimum Gasteiger partial charge on any atom is -0.465 e. The van der Waals surface area contributed by atoms with Gasteiger partial charge in [0.15, 0.2) is 0 Å². The number of nitrogens with two attached hydrogens (primary N) is 1. The molecule has 2 N–H and O–H groups in total. The SMILES string of the molecule is CCCCCOC(=O)C(C)CCN. The van der Waals surface area contributed by atoms with Crippen LogP contribution in [0.5, 0.6) is 0 Å². The van der Waals surface area contributed by atoms with E-state index >= 15 is 0 Å². The summed E-state index contributed by atoms with van der Waals surface area (Å²) in [5.74, 6) is -0.159. The van der Waals surface area contributed by atoms with E-state index in [2.05, 4.69) is 6.92 Å². The van der Waals surface area contributed by atoms with Gasteiger partial charge in [-0.05, 0) is 19.4 Å². The largest absolute Gasteiger partial charge is 0.465 e. The van der Waals surface area contributed by atoms with Crippen molar-refractivity contribution in [2.75, 3.05) is 13.2 Å². The predicted molar refractivity (Wildman–Crippen MR) is 53.3 cm³/mol. The maximum atomic E-state index is 11.2. The van der Waals surface area contributed by atoms with E-state index < -0.39 is 0 Å². The van der Waals surface area contributed by atoms with Gasteiger partial charge in [-0.25, -0.2) is 0 Å². The van der Waals surface area contributed by atoms with Gasteiger partial charge in [-0.3, -0.25) is 4.79 Å². The average Bonchev–Trinajstić information content (AvgIpc) is 2.12. The molecule has 0 amide bonds. The molecule has 0 aromatic heterocycles. The highest BCUT2D eigenvalue weighted by Gasteiger charge is 2.12. The summed E-state index contributed by atoms with van der Waals surface area (Å²) in [6.45, 7) is 5.08. The van der Waals surface area contributed by atoms with Crippen LogP contribution in [-0.4, -0.2) is 19.1 Å². The first-order valence-electron chi connectivity index (χ1n) is 5.09. The molecular formula is C10H21NO2. The highest BCUT2D eigenvalue weighted by molar-refractivity contribution is 5.71. The van der Waals surface area contributed by atoms with Gasteiger partial charge >= 0.3 is 5.97 Å². The Morgan fingerprint density at radius 1 is 1.46 bits per heavy atom. The van der Waals surface area contributed by atoms with E-state index in [0.717, 1.165) is 19.3 Å². The van der Waals surface area contributed by atoms with E-state index in [1.54, 1.807) is 0 Å². The smallest absolute Gasteiger partial charge is 0.308 e. The van der Waals surface area contributed by atoms with E-state index in [1.165, 1.54) is 0 Å². The molecule has 0 aliphatic heterocycles. The number of carbonyl (C=O) groups is 1. The van der Waals surface area contributed by atoms with Gasteiger partial charge in [0.05, 0.1) is 12.5 Å². The molecule has 1 unspecified atom stereocenters. The molecule has 0 saturated heterocycles. The van der Waals surface area contributed by atoms with Crippen molar-refractivity contribution in [2.45, 2.75) is 39.5 Å². The van der Waals surface area contributed by atoms with E-state index in [4.69, 9.17) is 10.5 Å². The van der Waals surface area contributed by atoms with Gasteiger partial charge in [0.1, 0.15) is 0 Å². The summed E-state index contributed by atoms with van der Waals surface area (Å²) >= 11 is 0. The average molecular weight is 187 g/mol. The van der Waals surface area contributed by atoms with Crippen molar-refractivity contribution in [1.82, 2.24) is 0 Å². The highest BCUT2D eigenvalue weighted by Crippen LogP contribution is 2.04. The second-order valence-corrected chi connectivity index (χ2v) is 3.35. The highest BCUT2D eigenvalue weighted by atomic mass is 16.5. The van der Waals surface area contributed by atoms with Crippen molar-refractivity contribution in [3.05, 3.63) is 0 Å². The number of hydrogen-bond donors (Lipinski definition) is 1. The summed E-state index contributed by atoms with van der Waals surface area (Å²) in [6.07, 6.45) is 3.96. The van der Waals surface area contributed by atoms with Gasteiger partial charge in [0, 0.05) is 0 Å². The van der Waals surface area contributed by atoms with Crippen molar-refractivity contribution in [3.63, 3.8) is 0 Å². The van der Waals surface area contributed by atoms with Gasteiger partial charge in [-0.2, -0.15) is 0 Å². The Morgan fingerprint density at radius 3 is 2.69 bits per heavy atom. The fourth-order valence-corrected chi connectivity index (χ4v) is 1.03. The quantitative estimate of drug-likeness (QED) is 0.487. The summed E-state index contributed by atoms with van der Waals surface area (Å²) in [6, 6.07) is 0. The fraction of sp³-hybridized carbons (Fsp3) is 0.900. The van der Waals surface area contributed by atoms with Crippen molar-refractivity contribution in [1.29, 1.82) is 0 Å². The Bertz CT molecular complexity index is 137. The fourth-order valence-electron chi connectivity index (χ4n) is 1.03. The maximum Gasteiger partial charge on any atom is 0.308 e. The van der Waals surface area contributed by atoms with Crippen LogP contribution in [0.2, 0.25) is 0 Å². The molecule has 0 heterocycles. The van der Waals surface area contributed by atoms with Crippen LogP contribution in [0.4, 0.5) is 0 Å². The molecule has 0 spiro atoms. The normalized spacial score (nSPS) is 12.5. The molecule has 0 radical (unpaired) electrons. The zero-order chi connectivity index (χ0) is 10.1. The Kier molecular flexibility index (Phi) is 7.69. The lowest BCUT2D eigenvalue weighted by Gasteiger charge is -2.09. The van der Waals surface area contributed by atoms with Crippen LogP contribution >= 0.6 is 0 Å². The molecule has 0 aromatic carbocycles. The number of hydrogen-bond acceptors (Lipinski definition) is 3. The minimum absolute atomic E-state index is 0.0494. The molecule has 0 aliphatic carbocycles. The third-order valence-corrected chi connectivity index (χ3v) is 1.99. The Hall–Kier alpha value is -0.570. The first-order chi connectivity index (χ1) is 6.22. The molecule has 0 rings (SSSR count). The zero-order valence-corrected chi connectivity index (χ0v) is 8.71. The standard InChI is InChI=1S/C10H21NO2/c1-3-4-5-8-13-10(12)9(2)6-7-11/h9H,3-8,11H2,1-2H3. The number of ether oxygens (including phenoxy) is 1. The predicted octanol–water partition coefficient (Wildman–Crippen LogP) is 1.70. The van der Waals surface area contributed by atoms with Crippen molar-refractivity contribution < 1.29 is 9.53 Å². The van der Waals surface area contributed by atoms with E-state index in [-0.39, 0.29) is 11.9 Å². The van der Waals surface area contributed by atoms with Gasteiger partial charge in [-0.1, -0.05) is 26.7 Å². The van der Waals surface area contributed by atoms with E-state index in [0.29, 0.717) is 19.6 Å². The number of rotatable bonds is 7. The molecule has 13 heavy (non-hydrogen) atoms. The van der Waals surface area contributed by atoms with Crippen LogP contribution < -0.4 is 5.73 Å². The molecule has 0 saturated carbocycles. The lowest BCUT2D eigenvalue weighted by molar-refractivity contribution is -0.148. The third kappa shape index (κ3) is 6.58. The Labute approximate surface area is 80.6 Å². The number of esters is 1. The first-order valence-corrected chi connectivity index (χ1v) is 5.09. The van der Waals surface area contributed by atoms with E-state index in [1.807, 2.05) is 6.92 Å². The van der Waals surface area contributed by atoms with E-state index in [9.17, 15) is 4.79 Å². The molecule has 3 nitrogen and oxygen atoms in total. The molecule has 0 fully saturated rings. The van der Waals surface area contributed by atoms with Crippen LogP contribution in [0, 0.1) is 5.92 Å². The summed E-state index contributed by atoms with van der Waals surface area (Å²) in [7, 11) is 0. The van der Waals surface area contributed by atoms with Crippen LogP contribution in [0.1, 0.15) is 39.5 Å². The Balaban J connectivity index is 3.38. The van der Waals surface area contributed by atoms with Gasteiger partial charge in [0.25, 0.3) is 0 Å². The van der Waals surface area contributed by atoms with Crippen molar-refractivity contribution >= 4 is 5.97 Å². The minimum atomic E-state index is -0.110. The first kappa shape index (κ1) is 12.4. The lowest BCUT2D eigenvalue weighted by Crippen LogP contribution is -2.18. The summed E-state index contributed by atoms with van der Waals surface area (Å²) in [5.41, 5.74) is 5.34. The van der Waals surface area contributed by atoms with Gasteiger partial charge < -0.3 is 10.5 Å². The topological polar surface area (TPSA) is 52.3 Å². The van der Waals surface area contributed by atoms with Crippen LogP contribution in [-0.2, 0) is 9.53 Å². The van der Waals surface area contributed by atoms with Crippen LogP contribution in [0.3, 0.4) is 0 Å². The molecule has 0 aliphatic rings. The third-order valence-electron chi connectivity index (χ3n) is 1.99. The second-order valence-electron chi connectivity index (χ2n) is 3.35. The summed E-state index contributed by atoms with van der Waals surface area (Å²) in [4.78, 5) is 11.2. The maximum absolute atomic E-state index is 11.2. The molecule has 1 atom stereocenters. The van der Waals surface area contributed by atoms with Crippen molar-refractivity contribution in [3.8, 4) is 0 Å². The van der Waals surface area contributed by atoms with Crippen molar-refractivity contribution in [2.24, 2.45) is 11.7 Å². The molecule has 78 valence electrons. The summed E-state index contributed by atoms with van der Waals surface area (Å²) < 4.78 is 5.06. The second kappa shape index (κ2) is 8.05. The lowest BCUT2D eigenvalue weighted by atomic mass is 10.1. The number of unbranched alkanes of at least 4 members (excludes halogenated alkanes) is 2. The van der Waals surface area contributed by atoms with Gasteiger partial charge in [0.2, 0.25) is 0 Å². The summed E-state index contributed by atoms with van der Waals surface area (Å²) in [5, 5.41) is 0. The van der Waals surface area contributed by atoms with Gasteiger partial charge in [-0.15, -0.1) is 0 Å².